The van der Waals surface area contributed by atoms with Crippen molar-refractivity contribution in [2.45, 2.75) is 33.7 Å². The highest BCUT2D eigenvalue weighted by atomic mass is 35.5. The summed E-state index contributed by atoms with van der Waals surface area (Å²) in [6.07, 6.45) is 2.94. The molecule has 0 saturated heterocycles. The molecule has 1 N–H and O–H groups in total. The molecule has 21 heavy (non-hydrogen) atoms. The fourth-order valence-electron chi connectivity index (χ4n) is 2.20. The lowest BCUT2D eigenvalue weighted by Gasteiger charge is -2.08. The second kappa shape index (κ2) is 7.62. The molecule has 114 valence electrons. The molecule has 2 aromatic rings. The molecule has 1 aromatic carbocycles. The highest BCUT2D eigenvalue weighted by Crippen LogP contribution is 2.14. The van der Waals surface area contributed by atoms with E-state index in [2.05, 4.69) is 48.5 Å². The zero-order chi connectivity index (χ0) is 15.2. The molecule has 0 aliphatic carbocycles. The van der Waals surface area contributed by atoms with Crippen LogP contribution >= 0.6 is 11.6 Å². The van der Waals surface area contributed by atoms with Crippen LogP contribution in [0.25, 0.3) is 0 Å². The number of benzene rings is 1. The van der Waals surface area contributed by atoms with Crippen LogP contribution in [-0.4, -0.2) is 22.9 Å². The summed E-state index contributed by atoms with van der Waals surface area (Å²) in [4.78, 5) is 0. The largest absolute Gasteiger partial charge is 0.316 e. The lowest BCUT2D eigenvalue weighted by Crippen LogP contribution is -2.22. The second-order valence-corrected chi connectivity index (χ2v) is 6.33. The van der Waals surface area contributed by atoms with Crippen LogP contribution in [0, 0.1) is 12.8 Å². The van der Waals surface area contributed by atoms with E-state index in [1.54, 1.807) is 0 Å². The summed E-state index contributed by atoms with van der Waals surface area (Å²) in [5.41, 5.74) is 3.49. The quantitative estimate of drug-likeness (QED) is 0.791. The number of hydrogen-bond acceptors (Lipinski definition) is 2. The van der Waals surface area contributed by atoms with Gasteiger partial charge in [-0.25, -0.2) is 0 Å². The van der Waals surface area contributed by atoms with E-state index in [1.165, 1.54) is 11.1 Å². The number of nitrogens with one attached hydrogen (secondary N) is 1. The summed E-state index contributed by atoms with van der Waals surface area (Å²) in [5.74, 6) is 0.705. The van der Waals surface area contributed by atoms with E-state index in [1.807, 2.05) is 17.8 Å². The smallest absolute Gasteiger partial charge is 0.0815 e. The molecule has 0 saturated carbocycles. The Morgan fingerprint density at radius 2 is 1.86 bits per heavy atom. The molecule has 0 spiro atoms. The Balaban J connectivity index is 1.84. The Morgan fingerprint density at radius 3 is 2.43 bits per heavy atom. The van der Waals surface area contributed by atoms with Crippen molar-refractivity contribution in [1.29, 1.82) is 0 Å². The first kappa shape index (κ1) is 16.1. The fourth-order valence-corrected chi connectivity index (χ4v) is 2.35. The third-order valence-electron chi connectivity index (χ3n) is 3.40. The third kappa shape index (κ3) is 5.18. The van der Waals surface area contributed by atoms with Crippen molar-refractivity contribution >= 4 is 11.6 Å². The van der Waals surface area contributed by atoms with Crippen LogP contribution in [0.3, 0.4) is 0 Å². The summed E-state index contributed by atoms with van der Waals surface area (Å²) in [6.45, 7) is 9.25. The summed E-state index contributed by atoms with van der Waals surface area (Å²) >= 11 is 6.02. The van der Waals surface area contributed by atoms with Gasteiger partial charge in [0.15, 0.2) is 0 Å². The molecule has 0 bridgehead atoms. The van der Waals surface area contributed by atoms with Crippen molar-refractivity contribution in [3.8, 4) is 0 Å². The van der Waals surface area contributed by atoms with Gasteiger partial charge < -0.3 is 5.32 Å². The van der Waals surface area contributed by atoms with Crippen molar-refractivity contribution < 1.29 is 0 Å². The number of hydrogen-bond donors (Lipinski definition) is 1. The van der Waals surface area contributed by atoms with Crippen LogP contribution in [0.5, 0.6) is 0 Å². The van der Waals surface area contributed by atoms with Gasteiger partial charge in [-0.2, -0.15) is 5.10 Å². The lowest BCUT2D eigenvalue weighted by molar-refractivity contribution is 0.554. The number of halogens is 1. The van der Waals surface area contributed by atoms with Gasteiger partial charge in [0.25, 0.3) is 0 Å². The Labute approximate surface area is 132 Å². The molecule has 1 aromatic heterocycles. The van der Waals surface area contributed by atoms with E-state index in [0.29, 0.717) is 5.92 Å². The number of nitrogens with zero attached hydrogens (tertiary/aromatic N) is 2. The van der Waals surface area contributed by atoms with Gasteiger partial charge >= 0.3 is 0 Å². The monoisotopic (exact) mass is 305 g/mol. The molecule has 0 unspecified atom stereocenters. The molecule has 3 nitrogen and oxygen atoms in total. The summed E-state index contributed by atoms with van der Waals surface area (Å²) < 4.78 is 1.89. The van der Waals surface area contributed by atoms with Crippen molar-refractivity contribution in [1.82, 2.24) is 15.1 Å². The minimum Gasteiger partial charge on any atom is -0.316 e. The van der Waals surface area contributed by atoms with Crippen LogP contribution in [0.15, 0.2) is 30.5 Å². The maximum atomic E-state index is 6.02. The molecular formula is C17H24ClN3. The number of aryl methyl sites for hydroxylation is 1. The number of aromatic nitrogens is 2. The Bertz CT molecular complexity index is 538. The van der Waals surface area contributed by atoms with Crippen molar-refractivity contribution in [2.24, 2.45) is 5.92 Å². The Morgan fingerprint density at radius 1 is 1.19 bits per heavy atom. The van der Waals surface area contributed by atoms with E-state index >= 15 is 0 Å². The van der Waals surface area contributed by atoms with E-state index in [9.17, 15) is 0 Å². The van der Waals surface area contributed by atoms with Crippen LogP contribution in [-0.2, 0) is 13.0 Å². The predicted molar refractivity (Wildman–Crippen MR) is 88.9 cm³/mol. The van der Waals surface area contributed by atoms with Crippen LogP contribution in [0.4, 0.5) is 0 Å². The average Bonchev–Trinajstić information content (AvgIpc) is 2.75. The van der Waals surface area contributed by atoms with Crippen molar-refractivity contribution in [2.75, 3.05) is 13.1 Å². The molecule has 0 amide bonds. The van der Waals surface area contributed by atoms with Gasteiger partial charge in [0.1, 0.15) is 0 Å². The zero-order valence-corrected chi connectivity index (χ0v) is 13.8. The van der Waals surface area contributed by atoms with E-state index in [0.717, 1.165) is 36.8 Å². The van der Waals surface area contributed by atoms with Crippen LogP contribution < -0.4 is 5.32 Å². The molecule has 0 aliphatic heterocycles. The standard InChI is InChI=1S/C17H24ClN3/c1-13(2)10-19-9-8-15-4-6-16(7-5-15)11-21-12-17(18)14(3)20-21/h4-7,12-13,19H,8-11H2,1-3H3. The zero-order valence-electron chi connectivity index (χ0n) is 13.1. The maximum Gasteiger partial charge on any atom is 0.0815 e. The minimum absolute atomic E-state index is 0.705. The molecule has 0 radical (unpaired) electrons. The van der Waals surface area contributed by atoms with Gasteiger partial charge in [0, 0.05) is 6.20 Å². The summed E-state index contributed by atoms with van der Waals surface area (Å²) in [6, 6.07) is 8.74. The van der Waals surface area contributed by atoms with Gasteiger partial charge in [0.2, 0.25) is 0 Å². The van der Waals surface area contributed by atoms with Gasteiger partial charge in [-0.1, -0.05) is 49.7 Å². The molecule has 1 heterocycles. The molecule has 0 fully saturated rings. The van der Waals surface area contributed by atoms with E-state index in [4.69, 9.17) is 11.6 Å². The topological polar surface area (TPSA) is 29.9 Å². The maximum absolute atomic E-state index is 6.02. The van der Waals surface area contributed by atoms with Gasteiger partial charge in [-0.3, -0.25) is 4.68 Å². The summed E-state index contributed by atoms with van der Waals surface area (Å²) in [5, 5.41) is 8.57. The minimum atomic E-state index is 0.705. The third-order valence-corrected chi connectivity index (χ3v) is 3.77. The number of rotatable bonds is 7. The highest BCUT2D eigenvalue weighted by Gasteiger charge is 2.03. The normalized spacial score (nSPS) is 11.3. The summed E-state index contributed by atoms with van der Waals surface area (Å²) in [7, 11) is 0. The van der Waals surface area contributed by atoms with Gasteiger partial charge in [-0.05, 0) is 43.5 Å². The first-order valence-corrected chi connectivity index (χ1v) is 7.90. The van der Waals surface area contributed by atoms with Crippen LogP contribution in [0.2, 0.25) is 5.02 Å². The predicted octanol–water partition coefficient (Wildman–Crippen LogP) is 3.68. The lowest BCUT2D eigenvalue weighted by atomic mass is 10.1. The SMILES string of the molecule is Cc1nn(Cc2ccc(CCNCC(C)C)cc2)cc1Cl. The molecule has 0 atom stereocenters. The van der Waals surface area contributed by atoms with Crippen molar-refractivity contribution in [3.63, 3.8) is 0 Å². The molecule has 4 heteroatoms. The average molecular weight is 306 g/mol. The fraction of sp³-hybridized carbons (Fsp3) is 0.471. The van der Waals surface area contributed by atoms with E-state index < -0.39 is 0 Å². The van der Waals surface area contributed by atoms with Crippen LogP contribution in [0.1, 0.15) is 30.7 Å². The van der Waals surface area contributed by atoms with Gasteiger partial charge in [-0.15, -0.1) is 0 Å². The molecule has 0 aliphatic rings. The van der Waals surface area contributed by atoms with Gasteiger partial charge in [0.05, 0.1) is 17.3 Å². The first-order valence-electron chi connectivity index (χ1n) is 7.52. The molecule has 2 rings (SSSR count). The van der Waals surface area contributed by atoms with Crippen molar-refractivity contribution in [3.05, 3.63) is 52.3 Å². The second-order valence-electron chi connectivity index (χ2n) is 5.92. The highest BCUT2D eigenvalue weighted by molar-refractivity contribution is 6.31. The van der Waals surface area contributed by atoms with E-state index in [-0.39, 0.29) is 0 Å². The molecular weight excluding hydrogens is 282 g/mol. The first-order chi connectivity index (χ1) is 10.0. The Kier molecular flexibility index (Phi) is 5.83. The Hall–Kier alpha value is -1.32.